The summed E-state index contributed by atoms with van der Waals surface area (Å²) in [5.41, 5.74) is -0.985. The van der Waals surface area contributed by atoms with Crippen LogP contribution in [-0.2, 0) is 21.0 Å². The van der Waals surface area contributed by atoms with Crippen LogP contribution >= 0.6 is 0 Å². The molecule has 2 aliphatic rings. The van der Waals surface area contributed by atoms with E-state index in [1.54, 1.807) is 0 Å². The molecule has 28 heavy (non-hydrogen) atoms. The van der Waals surface area contributed by atoms with Crippen LogP contribution in [0.15, 0.2) is 29.2 Å². The Morgan fingerprint density at radius 2 is 1.82 bits per heavy atom. The van der Waals surface area contributed by atoms with Crippen molar-refractivity contribution in [2.45, 2.75) is 42.8 Å². The molecule has 1 aliphatic carbocycles. The highest BCUT2D eigenvalue weighted by molar-refractivity contribution is 7.89. The predicted molar refractivity (Wildman–Crippen MR) is 96.2 cm³/mol. The van der Waals surface area contributed by atoms with Gasteiger partial charge in [0.2, 0.25) is 10.0 Å². The summed E-state index contributed by atoms with van der Waals surface area (Å²) in [5, 5.41) is 3.02. The van der Waals surface area contributed by atoms with Gasteiger partial charge in [-0.15, -0.1) is 0 Å². The van der Waals surface area contributed by atoms with E-state index < -0.39 is 21.8 Å². The molecule has 3 rings (SSSR count). The van der Waals surface area contributed by atoms with Crippen LogP contribution in [0.5, 0.6) is 0 Å². The summed E-state index contributed by atoms with van der Waals surface area (Å²) in [6.07, 6.45) is -0.330. The molecule has 0 bridgehead atoms. The van der Waals surface area contributed by atoms with Crippen LogP contribution in [0, 0.1) is 0 Å². The lowest BCUT2D eigenvalue weighted by atomic mass is 10.2. The lowest BCUT2D eigenvalue weighted by molar-refractivity contribution is -0.895. The van der Waals surface area contributed by atoms with Gasteiger partial charge in [-0.1, -0.05) is 18.9 Å². The zero-order valence-corrected chi connectivity index (χ0v) is 16.3. The van der Waals surface area contributed by atoms with Gasteiger partial charge < -0.3 is 10.2 Å². The van der Waals surface area contributed by atoms with Gasteiger partial charge in [0.1, 0.15) is 0 Å². The molecule has 0 radical (unpaired) electrons. The third-order valence-electron chi connectivity index (χ3n) is 5.36. The van der Waals surface area contributed by atoms with E-state index in [9.17, 15) is 26.4 Å². The van der Waals surface area contributed by atoms with Crippen molar-refractivity contribution in [1.82, 2.24) is 9.62 Å². The number of nitrogens with zero attached hydrogens (tertiary/aromatic N) is 1. The highest BCUT2D eigenvalue weighted by Crippen LogP contribution is 2.31. The molecule has 156 valence electrons. The molecule has 1 saturated heterocycles. The first-order valence-electron chi connectivity index (χ1n) is 9.46. The molecule has 1 amide bonds. The summed E-state index contributed by atoms with van der Waals surface area (Å²) in [6, 6.07) is 4.05. The third kappa shape index (κ3) is 5.03. The number of nitrogens with one attached hydrogen (secondary N) is 2. The summed E-state index contributed by atoms with van der Waals surface area (Å²) in [4.78, 5) is 12.7. The van der Waals surface area contributed by atoms with E-state index in [0.717, 1.165) is 42.7 Å². The Morgan fingerprint density at radius 1 is 1.18 bits per heavy atom. The molecule has 6 nitrogen and oxygen atoms in total. The average molecular weight is 420 g/mol. The smallest absolute Gasteiger partial charge is 0.348 e. The zero-order chi connectivity index (χ0) is 20.4. The number of amides is 1. The molecule has 0 aromatic heterocycles. The molecule has 2 fully saturated rings. The maximum atomic E-state index is 12.9. The van der Waals surface area contributed by atoms with Gasteiger partial charge >= 0.3 is 6.18 Å². The van der Waals surface area contributed by atoms with E-state index >= 15 is 0 Å². The van der Waals surface area contributed by atoms with Crippen molar-refractivity contribution in [2.75, 3.05) is 32.7 Å². The van der Waals surface area contributed by atoms with Crippen LogP contribution in [0.2, 0.25) is 0 Å². The molecule has 0 unspecified atom stereocenters. The number of benzene rings is 1. The van der Waals surface area contributed by atoms with E-state index in [4.69, 9.17) is 0 Å². The van der Waals surface area contributed by atoms with Crippen molar-refractivity contribution in [3.63, 3.8) is 0 Å². The van der Waals surface area contributed by atoms with Gasteiger partial charge in [0.15, 0.2) is 6.54 Å². The van der Waals surface area contributed by atoms with E-state index in [1.807, 2.05) is 0 Å². The van der Waals surface area contributed by atoms with Gasteiger partial charge in [-0.05, 0) is 31.0 Å². The third-order valence-corrected chi connectivity index (χ3v) is 7.25. The maximum absolute atomic E-state index is 12.9. The average Bonchev–Trinajstić information content (AvgIpc) is 3.14. The SMILES string of the molecule is O=C(C[NH+]1CCN(S(=O)(=O)c2cccc(C(F)(F)F)c2)CC1)NC1CCCC1. The van der Waals surface area contributed by atoms with Gasteiger partial charge in [-0.25, -0.2) is 8.42 Å². The molecule has 1 aliphatic heterocycles. The summed E-state index contributed by atoms with van der Waals surface area (Å²) in [5.74, 6) is -0.0314. The van der Waals surface area contributed by atoms with Crippen molar-refractivity contribution in [2.24, 2.45) is 0 Å². The number of hydrogen-bond acceptors (Lipinski definition) is 3. The monoisotopic (exact) mass is 420 g/mol. The number of carbonyl (C=O) groups excluding carboxylic acids is 1. The molecule has 0 spiro atoms. The van der Waals surface area contributed by atoms with Gasteiger partial charge in [0, 0.05) is 6.04 Å². The number of carbonyl (C=O) groups is 1. The Hall–Kier alpha value is -1.65. The molecule has 1 saturated carbocycles. The van der Waals surface area contributed by atoms with Crippen molar-refractivity contribution in [3.8, 4) is 0 Å². The molecule has 10 heteroatoms. The predicted octanol–water partition coefficient (Wildman–Crippen LogP) is 0.653. The number of halogens is 3. The number of quaternary nitrogens is 1. The number of piperazine rings is 1. The second kappa shape index (κ2) is 8.38. The Balaban J connectivity index is 1.57. The second-order valence-electron chi connectivity index (χ2n) is 7.41. The van der Waals surface area contributed by atoms with Crippen LogP contribution in [0.3, 0.4) is 0 Å². The van der Waals surface area contributed by atoms with Crippen LogP contribution in [0.1, 0.15) is 31.2 Å². The lowest BCUT2D eigenvalue weighted by Crippen LogP contribution is -3.15. The van der Waals surface area contributed by atoms with Crippen molar-refractivity contribution < 1.29 is 31.3 Å². The van der Waals surface area contributed by atoms with Crippen molar-refractivity contribution in [3.05, 3.63) is 29.8 Å². The van der Waals surface area contributed by atoms with Crippen molar-refractivity contribution >= 4 is 15.9 Å². The van der Waals surface area contributed by atoms with Crippen LogP contribution in [0.25, 0.3) is 0 Å². The minimum absolute atomic E-state index is 0.0314. The van der Waals surface area contributed by atoms with Gasteiger partial charge in [-0.3, -0.25) is 4.79 Å². The molecule has 1 heterocycles. The largest absolute Gasteiger partial charge is 0.416 e. The summed E-state index contributed by atoms with van der Waals surface area (Å²) in [6.45, 7) is 1.51. The fraction of sp³-hybridized carbons (Fsp3) is 0.611. The minimum atomic E-state index is -4.60. The quantitative estimate of drug-likeness (QED) is 0.735. The standard InChI is InChI=1S/C18H24F3N3O3S/c19-18(20,21)14-4-3-7-16(12-14)28(26,27)24-10-8-23(9-11-24)13-17(25)22-15-5-1-2-6-15/h3-4,7,12,15H,1-2,5-6,8-11,13H2,(H,22,25)/p+1. The van der Waals surface area contributed by atoms with Crippen LogP contribution in [-0.4, -0.2) is 57.4 Å². The number of hydrogen-bond donors (Lipinski definition) is 2. The van der Waals surface area contributed by atoms with E-state index in [-0.39, 0.29) is 36.5 Å². The van der Waals surface area contributed by atoms with E-state index in [2.05, 4.69) is 5.32 Å². The Bertz CT molecular complexity index is 800. The summed E-state index contributed by atoms with van der Waals surface area (Å²) in [7, 11) is -4.00. The normalized spacial score (nSPS) is 20.4. The first kappa shape index (κ1) is 21.1. The molecule has 0 atom stereocenters. The molecule has 1 aromatic carbocycles. The fourth-order valence-corrected chi connectivity index (χ4v) is 5.27. The van der Waals surface area contributed by atoms with Gasteiger partial charge in [-0.2, -0.15) is 17.5 Å². The van der Waals surface area contributed by atoms with Crippen LogP contribution < -0.4 is 10.2 Å². The first-order valence-corrected chi connectivity index (χ1v) is 10.9. The molecular formula is C18H25F3N3O3S+. The lowest BCUT2D eigenvalue weighted by Gasteiger charge is -2.31. The Kier molecular flexibility index (Phi) is 6.31. The fourth-order valence-electron chi connectivity index (χ4n) is 3.78. The Morgan fingerprint density at radius 3 is 2.43 bits per heavy atom. The first-order chi connectivity index (χ1) is 13.2. The highest BCUT2D eigenvalue weighted by Gasteiger charge is 2.35. The minimum Gasteiger partial charge on any atom is -0.348 e. The molecule has 1 aromatic rings. The highest BCUT2D eigenvalue weighted by atomic mass is 32.2. The number of rotatable bonds is 5. The Labute approximate surface area is 162 Å². The molecule has 2 N–H and O–H groups in total. The topological polar surface area (TPSA) is 70.9 Å². The zero-order valence-electron chi connectivity index (χ0n) is 15.5. The van der Waals surface area contributed by atoms with Gasteiger partial charge in [0.05, 0.1) is 36.6 Å². The molecular weight excluding hydrogens is 395 g/mol. The number of sulfonamides is 1. The van der Waals surface area contributed by atoms with Crippen LogP contribution in [0.4, 0.5) is 13.2 Å². The number of alkyl halides is 3. The van der Waals surface area contributed by atoms with E-state index in [0.29, 0.717) is 19.2 Å². The maximum Gasteiger partial charge on any atom is 0.416 e. The van der Waals surface area contributed by atoms with Gasteiger partial charge in [0.25, 0.3) is 5.91 Å². The second-order valence-corrected chi connectivity index (χ2v) is 9.34. The summed E-state index contributed by atoms with van der Waals surface area (Å²) >= 11 is 0. The van der Waals surface area contributed by atoms with Crippen molar-refractivity contribution in [1.29, 1.82) is 0 Å². The summed E-state index contributed by atoms with van der Waals surface area (Å²) < 4.78 is 65.2. The van der Waals surface area contributed by atoms with E-state index in [1.165, 1.54) is 10.4 Å².